The van der Waals surface area contributed by atoms with Crippen LogP contribution >= 0.6 is 0 Å². The summed E-state index contributed by atoms with van der Waals surface area (Å²) in [5.74, 6) is 0.313. The highest BCUT2D eigenvalue weighted by molar-refractivity contribution is 7.80. The Bertz CT molecular complexity index is 737. The molecular weight excluding hydrogens is 386 g/mol. The quantitative estimate of drug-likeness (QED) is 0.406. The Hall–Kier alpha value is -1.96. The fourth-order valence-corrected chi connectivity index (χ4v) is 3.12. The Kier molecular flexibility index (Phi) is 6.97. The Balaban J connectivity index is 2.26. The number of amides is 1. The van der Waals surface area contributed by atoms with Crippen molar-refractivity contribution in [2.24, 2.45) is 0 Å². The van der Waals surface area contributed by atoms with Gasteiger partial charge in [-0.1, -0.05) is 0 Å². The van der Waals surface area contributed by atoms with E-state index >= 15 is 0 Å². The molecule has 0 saturated carbocycles. The summed E-state index contributed by atoms with van der Waals surface area (Å²) in [5.41, 5.74) is 0. The van der Waals surface area contributed by atoms with E-state index in [1.807, 2.05) is 0 Å². The summed E-state index contributed by atoms with van der Waals surface area (Å²) < 4.78 is 51.4. The van der Waals surface area contributed by atoms with Crippen LogP contribution in [0.4, 0.5) is 0 Å². The van der Waals surface area contributed by atoms with Crippen LogP contribution in [0.15, 0.2) is 24.3 Å². The molecule has 1 aromatic carbocycles. The van der Waals surface area contributed by atoms with Crippen LogP contribution in [0.2, 0.25) is 0 Å². The van der Waals surface area contributed by atoms with Crippen LogP contribution in [0, 0.1) is 0 Å². The predicted octanol–water partition coefficient (Wildman–Crippen LogP) is -1.16. The number of methoxy groups -OCH3 is 1. The zero-order valence-corrected chi connectivity index (χ0v) is 15.3. The molecule has 5 atom stereocenters. The Morgan fingerprint density at radius 1 is 1.26 bits per heavy atom. The molecular formula is C15H21NO10S. The van der Waals surface area contributed by atoms with Crippen molar-refractivity contribution in [2.45, 2.75) is 37.6 Å². The fourth-order valence-electron chi connectivity index (χ4n) is 2.60. The normalized spacial score (nSPS) is 28.4. The molecule has 1 amide bonds. The lowest BCUT2D eigenvalue weighted by atomic mass is 9.97. The van der Waals surface area contributed by atoms with Crippen LogP contribution in [0.3, 0.4) is 0 Å². The van der Waals surface area contributed by atoms with Crippen molar-refractivity contribution in [1.29, 1.82) is 0 Å². The van der Waals surface area contributed by atoms with Crippen LogP contribution in [-0.4, -0.2) is 73.5 Å². The Morgan fingerprint density at radius 2 is 1.85 bits per heavy atom. The van der Waals surface area contributed by atoms with Gasteiger partial charge in [-0.2, -0.15) is 8.42 Å². The summed E-state index contributed by atoms with van der Waals surface area (Å²) in [6, 6.07) is 5.06. The Labute approximate surface area is 155 Å². The van der Waals surface area contributed by atoms with E-state index in [2.05, 4.69) is 9.50 Å². The topological polar surface area (TPSA) is 161 Å². The average Bonchev–Trinajstić information content (AvgIpc) is 2.59. The number of aliphatic hydroxyl groups is 2. The number of hydrogen-bond donors (Lipinski definition) is 4. The zero-order chi connectivity index (χ0) is 20.2. The van der Waals surface area contributed by atoms with Gasteiger partial charge in [0.1, 0.15) is 35.9 Å². The number of aliphatic hydroxyl groups excluding tert-OH is 2. The summed E-state index contributed by atoms with van der Waals surface area (Å²) in [6.07, 6.45) is -5.98. The summed E-state index contributed by atoms with van der Waals surface area (Å²) in [7, 11) is -3.46. The van der Waals surface area contributed by atoms with Crippen LogP contribution in [0.25, 0.3) is 0 Å². The SMILES string of the molecule is COc1ccc(OC2OC(CO)[C@H](OS(=O)(=O)O)[C@H](O)C2NC(C)=O)cc1. The van der Waals surface area contributed by atoms with Crippen LogP contribution in [0.1, 0.15) is 6.92 Å². The highest BCUT2D eigenvalue weighted by Gasteiger charge is 2.49. The molecule has 4 N–H and O–H groups in total. The van der Waals surface area contributed by atoms with Crippen molar-refractivity contribution in [3.63, 3.8) is 0 Å². The molecule has 1 fully saturated rings. The monoisotopic (exact) mass is 407 g/mol. The molecule has 27 heavy (non-hydrogen) atoms. The number of nitrogens with one attached hydrogen (secondary N) is 1. The number of carbonyl (C=O) groups excluding carboxylic acids is 1. The van der Waals surface area contributed by atoms with Gasteiger partial charge in [-0.15, -0.1) is 0 Å². The van der Waals surface area contributed by atoms with Gasteiger partial charge in [-0.3, -0.25) is 9.35 Å². The van der Waals surface area contributed by atoms with Crippen molar-refractivity contribution in [2.75, 3.05) is 13.7 Å². The van der Waals surface area contributed by atoms with E-state index in [4.69, 9.17) is 18.8 Å². The van der Waals surface area contributed by atoms with Gasteiger partial charge in [0.15, 0.2) is 0 Å². The molecule has 1 aliphatic rings. The first kappa shape index (κ1) is 21.3. The van der Waals surface area contributed by atoms with E-state index < -0.39 is 53.6 Å². The number of carbonyl (C=O) groups is 1. The van der Waals surface area contributed by atoms with Crippen LogP contribution < -0.4 is 14.8 Å². The maximum Gasteiger partial charge on any atom is 0.397 e. The third-order valence-electron chi connectivity index (χ3n) is 3.77. The maximum atomic E-state index is 11.5. The minimum Gasteiger partial charge on any atom is -0.497 e. The van der Waals surface area contributed by atoms with Crippen LogP contribution in [0.5, 0.6) is 11.5 Å². The molecule has 0 aromatic heterocycles. The summed E-state index contributed by atoms with van der Waals surface area (Å²) in [4.78, 5) is 11.5. The van der Waals surface area contributed by atoms with E-state index in [9.17, 15) is 23.4 Å². The molecule has 0 radical (unpaired) electrons. The van der Waals surface area contributed by atoms with Gasteiger partial charge >= 0.3 is 10.4 Å². The molecule has 1 aromatic rings. The van der Waals surface area contributed by atoms with E-state index in [1.165, 1.54) is 14.0 Å². The van der Waals surface area contributed by atoms with Gasteiger partial charge in [0.2, 0.25) is 12.2 Å². The predicted molar refractivity (Wildman–Crippen MR) is 89.4 cm³/mol. The molecule has 11 nitrogen and oxygen atoms in total. The van der Waals surface area contributed by atoms with Gasteiger partial charge in [0.05, 0.1) is 13.7 Å². The molecule has 3 unspecified atom stereocenters. The molecule has 2 rings (SSSR count). The van der Waals surface area contributed by atoms with Crippen molar-refractivity contribution in [1.82, 2.24) is 5.32 Å². The summed E-state index contributed by atoms with van der Waals surface area (Å²) in [5, 5.41) is 22.3. The highest BCUT2D eigenvalue weighted by Crippen LogP contribution is 2.27. The van der Waals surface area contributed by atoms with Gasteiger partial charge in [-0.05, 0) is 24.3 Å². The number of benzene rings is 1. The molecule has 1 heterocycles. The summed E-state index contributed by atoms with van der Waals surface area (Å²) in [6.45, 7) is 0.431. The van der Waals surface area contributed by atoms with Crippen molar-refractivity contribution in [3.05, 3.63) is 24.3 Å². The number of hydrogen-bond acceptors (Lipinski definition) is 9. The van der Waals surface area contributed by atoms with E-state index in [1.54, 1.807) is 24.3 Å². The molecule has 152 valence electrons. The lowest BCUT2D eigenvalue weighted by Crippen LogP contribution is -2.66. The summed E-state index contributed by atoms with van der Waals surface area (Å²) >= 11 is 0. The van der Waals surface area contributed by atoms with Gasteiger partial charge < -0.3 is 29.7 Å². The minimum atomic E-state index is -4.95. The smallest absolute Gasteiger partial charge is 0.397 e. The molecule has 1 saturated heterocycles. The number of ether oxygens (including phenoxy) is 3. The molecule has 0 bridgehead atoms. The van der Waals surface area contributed by atoms with Crippen LogP contribution in [-0.2, 0) is 24.1 Å². The highest BCUT2D eigenvalue weighted by atomic mass is 32.3. The molecule has 1 aliphatic heterocycles. The fraction of sp³-hybridized carbons (Fsp3) is 0.533. The maximum absolute atomic E-state index is 11.5. The number of rotatable bonds is 7. The lowest BCUT2D eigenvalue weighted by Gasteiger charge is -2.43. The zero-order valence-electron chi connectivity index (χ0n) is 14.5. The average molecular weight is 407 g/mol. The Morgan fingerprint density at radius 3 is 2.33 bits per heavy atom. The first-order valence-electron chi connectivity index (χ1n) is 7.82. The second kappa shape index (κ2) is 8.82. The van der Waals surface area contributed by atoms with Gasteiger partial charge in [0, 0.05) is 6.92 Å². The van der Waals surface area contributed by atoms with Crippen molar-refractivity contribution < 1.29 is 46.4 Å². The minimum absolute atomic E-state index is 0.300. The van der Waals surface area contributed by atoms with E-state index in [0.717, 1.165) is 0 Å². The van der Waals surface area contributed by atoms with Crippen molar-refractivity contribution >= 4 is 16.3 Å². The lowest BCUT2D eigenvalue weighted by molar-refractivity contribution is -0.239. The molecule has 12 heteroatoms. The third kappa shape index (κ3) is 5.76. The molecule has 0 aliphatic carbocycles. The standard InChI is InChI=1S/C15H21NO10S/c1-8(18)16-12-13(19)14(26-27(20,21)22)11(7-17)25-15(12)24-10-5-3-9(23-2)4-6-10/h3-6,11-15,17,19H,7H2,1-2H3,(H,16,18)(H,20,21,22)/t11?,12?,13-,14+,15?/m1/s1. The van der Waals surface area contributed by atoms with E-state index in [-0.39, 0.29) is 0 Å². The first-order chi connectivity index (χ1) is 12.6. The van der Waals surface area contributed by atoms with Gasteiger partial charge in [-0.25, -0.2) is 4.18 Å². The second-order valence-electron chi connectivity index (χ2n) is 5.72. The molecule has 0 spiro atoms. The second-order valence-corrected chi connectivity index (χ2v) is 6.77. The van der Waals surface area contributed by atoms with E-state index in [0.29, 0.717) is 11.5 Å². The van der Waals surface area contributed by atoms with Crippen molar-refractivity contribution in [3.8, 4) is 11.5 Å². The third-order valence-corrected chi connectivity index (χ3v) is 4.23. The van der Waals surface area contributed by atoms with Gasteiger partial charge in [0.25, 0.3) is 0 Å². The largest absolute Gasteiger partial charge is 0.497 e. The first-order valence-corrected chi connectivity index (χ1v) is 9.19.